The SMILES string of the molecule is Cc1cc(Cl)c2c(c1)[C@]1([NH2+][C@@H](CC(N)=O)[C@H]3C(=O)N(C4CCCCC4)C(=O)[C@H]31)C(=O)N2. The molecule has 1 aliphatic carbocycles. The number of nitrogens with two attached hydrogens (primary N) is 2. The fourth-order valence-electron chi connectivity index (χ4n) is 6.29. The van der Waals surface area contributed by atoms with Gasteiger partial charge in [0.25, 0.3) is 5.91 Å². The molecule has 1 aromatic carbocycles. The van der Waals surface area contributed by atoms with Gasteiger partial charge in [0.1, 0.15) is 17.9 Å². The largest absolute Gasteiger partial charge is 0.369 e. The summed E-state index contributed by atoms with van der Waals surface area (Å²) in [5, 5.41) is 4.95. The molecule has 0 radical (unpaired) electrons. The third-order valence-corrected chi connectivity index (χ3v) is 7.78. The summed E-state index contributed by atoms with van der Waals surface area (Å²) in [6, 6.07) is 2.88. The molecule has 31 heavy (non-hydrogen) atoms. The number of quaternary nitrogens is 1. The molecular formula is C22H26ClN4O4+. The van der Waals surface area contributed by atoms with E-state index in [1.54, 1.807) is 11.4 Å². The van der Waals surface area contributed by atoms with Gasteiger partial charge < -0.3 is 16.4 Å². The average molecular weight is 446 g/mol. The number of benzene rings is 1. The molecule has 3 fully saturated rings. The van der Waals surface area contributed by atoms with E-state index in [1.807, 2.05) is 13.0 Å². The Balaban J connectivity index is 1.65. The number of primary amides is 1. The van der Waals surface area contributed by atoms with Crippen LogP contribution in [0.25, 0.3) is 0 Å². The lowest BCUT2D eigenvalue weighted by atomic mass is 9.76. The lowest BCUT2D eigenvalue weighted by Crippen LogP contribution is -2.99. The van der Waals surface area contributed by atoms with Crippen LogP contribution in [0.4, 0.5) is 5.69 Å². The van der Waals surface area contributed by atoms with Crippen LogP contribution in [-0.2, 0) is 24.7 Å². The van der Waals surface area contributed by atoms with E-state index in [0.29, 0.717) is 16.3 Å². The fraction of sp³-hybridized carbons (Fsp3) is 0.545. The Morgan fingerprint density at radius 2 is 1.94 bits per heavy atom. The summed E-state index contributed by atoms with van der Waals surface area (Å²) >= 11 is 6.42. The molecule has 5 rings (SSSR count). The fourth-order valence-corrected chi connectivity index (χ4v) is 6.62. The molecule has 3 heterocycles. The van der Waals surface area contributed by atoms with Crippen molar-refractivity contribution in [2.24, 2.45) is 17.6 Å². The first-order valence-corrected chi connectivity index (χ1v) is 11.3. The van der Waals surface area contributed by atoms with E-state index in [-0.39, 0.29) is 30.2 Å². The predicted octanol–water partition coefficient (Wildman–Crippen LogP) is 0.551. The van der Waals surface area contributed by atoms with Crippen molar-refractivity contribution >= 4 is 40.9 Å². The summed E-state index contributed by atoms with van der Waals surface area (Å²) in [4.78, 5) is 54.0. The van der Waals surface area contributed by atoms with Crippen LogP contribution >= 0.6 is 11.6 Å². The smallest absolute Gasteiger partial charge is 0.291 e. The van der Waals surface area contributed by atoms with E-state index in [9.17, 15) is 19.2 Å². The Morgan fingerprint density at radius 3 is 2.61 bits per heavy atom. The topological polar surface area (TPSA) is 126 Å². The second-order valence-electron chi connectivity index (χ2n) is 9.34. The Morgan fingerprint density at radius 1 is 1.23 bits per heavy atom. The molecule has 1 aromatic rings. The lowest BCUT2D eigenvalue weighted by Gasteiger charge is -2.32. The quantitative estimate of drug-likeness (QED) is 0.587. The zero-order chi connectivity index (χ0) is 22.1. The molecule has 0 bridgehead atoms. The first-order valence-electron chi connectivity index (χ1n) is 10.9. The minimum atomic E-state index is -1.33. The summed E-state index contributed by atoms with van der Waals surface area (Å²) in [5.74, 6) is -3.17. The molecule has 3 aliphatic heterocycles. The third-order valence-electron chi connectivity index (χ3n) is 7.49. The maximum atomic E-state index is 13.8. The number of hydrogen-bond donors (Lipinski definition) is 3. The van der Waals surface area contributed by atoms with Gasteiger partial charge in [-0.05, 0) is 37.5 Å². The van der Waals surface area contributed by atoms with E-state index < -0.39 is 29.3 Å². The van der Waals surface area contributed by atoms with Crippen LogP contribution in [-0.4, -0.2) is 40.6 Å². The van der Waals surface area contributed by atoms with Gasteiger partial charge in [-0.25, -0.2) is 0 Å². The zero-order valence-corrected chi connectivity index (χ0v) is 18.1. The van der Waals surface area contributed by atoms with Crippen LogP contribution in [0, 0.1) is 18.8 Å². The first-order chi connectivity index (χ1) is 14.8. The highest BCUT2D eigenvalue weighted by Crippen LogP contribution is 2.52. The molecule has 8 nitrogen and oxygen atoms in total. The number of likely N-dealkylation sites (tertiary alicyclic amines) is 1. The number of anilines is 1. The van der Waals surface area contributed by atoms with Crippen molar-refractivity contribution < 1.29 is 24.5 Å². The number of amides is 4. The number of carbonyl (C=O) groups is 4. The molecule has 4 amide bonds. The van der Waals surface area contributed by atoms with Crippen LogP contribution in [0.1, 0.15) is 49.7 Å². The molecule has 2 saturated heterocycles. The Hall–Kier alpha value is -2.45. The summed E-state index contributed by atoms with van der Waals surface area (Å²) in [5.41, 5.74) is 6.09. The third kappa shape index (κ3) is 2.77. The van der Waals surface area contributed by atoms with Gasteiger partial charge in [0.15, 0.2) is 0 Å². The van der Waals surface area contributed by atoms with Gasteiger partial charge in [0, 0.05) is 11.6 Å². The highest BCUT2D eigenvalue weighted by Gasteiger charge is 2.74. The number of carbonyl (C=O) groups excluding carboxylic acids is 4. The van der Waals surface area contributed by atoms with Crippen molar-refractivity contribution in [3.63, 3.8) is 0 Å². The van der Waals surface area contributed by atoms with Crippen molar-refractivity contribution in [2.75, 3.05) is 5.32 Å². The average Bonchev–Trinajstić information content (AvgIpc) is 3.28. The Bertz CT molecular complexity index is 1020. The van der Waals surface area contributed by atoms with E-state index in [1.165, 1.54) is 4.90 Å². The van der Waals surface area contributed by atoms with Crippen molar-refractivity contribution in [1.82, 2.24) is 4.90 Å². The molecule has 1 spiro atoms. The van der Waals surface area contributed by atoms with E-state index >= 15 is 0 Å². The van der Waals surface area contributed by atoms with Crippen LogP contribution in [0.5, 0.6) is 0 Å². The minimum absolute atomic E-state index is 0.0807. The van der Waals surface area contributed by atoms with Gasteiger partial charge >= 0.3 is 0 Å². The number of hydrogen-bond acceptors (Lipinski definition) is 4. The summed E-state index contributed by atoms with van der Waals surface area (Å²) in [7, 11) is 0. The van der Waals surface area contributed by atoms with E-state index in [2.05, 4.69) is 5.32 Å². The van der Waals surface area contributed by atoms with Crippen LogP contribution in [0.3, 0.4) is 0 Å². The highest BCUT2D eigenvalue weighted by molar-refractivity contribution is 6.35. The highest BCUT2D eigenvalue weighted by atomic mass is 35.5. The summed E-state index contributed by atoms with van der Waals surface area (Å²) in [6.07, 6.45) is 4.51. The van der Waals surface area contributed by atoms with Crippen molar-refractivity contribution in [3.8, 4) is 0 Å². The second-order valence-corrected chi connectivity index (χ2v) is 9.74. The first kappa shape index (κ1) is 20.5. The normalized spacial score (nSPS) is 32.5. The van der Waals surface area contributed by atoms with E-state index in [4.69, 9.17) is 17.3 Å². The molecule has 4 aliphatic rings. The number of halogens is 1. The summed E-state index contributed by atoms with van der Waals surface area (Å²) < 4.78 is 0. The van der Waals surface area contributed by atoms with Crippen molar-refractivity contribution in [1.29, 1.82) is 0 Å². The number of nitrogens with zero attached hydrogens (tertiary/aromatic N) is 1. The van der Waals surface area contributed by atoms with Crippen molar-refractivity contribution in [3.05, 3.63) is 28.3 Å². The molecular weight excluding hydrogens is 420 g/mol. The van der Waals surface area contributed by atoms with Crippen LogP contribution in [0.2, 0.25) is 5.02 Å². The Kier molecular flexibility index (Phi) is 4.64. The predicted molar refractivity (Wildman–Crippen MR) is 112 cm³/mol. The lowest BCUT2D eigenvalue weighted by molar-refractivity contribution is -0.732. The van der Waals surface area contributed by atoms with E-state index in [0.717, 1.165) is 37.7 Å². The van der Waals surface area contributed by atoms with Gasteiger partial charge in [-0.2, -0.15) is 0 Å². The van der Waals surface area contributed by atoms with Gasteiger partial charge in [-0.15, -0.1) is 0 Å². The minimum Gasteiger partial charge on any atom is -0.369 e. The molecule has 0 aromatic heterocycles. The number of aryl methyl sites for hydroxylation is 1. The van der Waals surface area contributed by atoms with Gasteiger partial charge in [-0.3, -0.25) is 24.1 Å². The Labute approximate surface area is 184 Å². The van der Waals surface area contributed by atoms with Gasteiger partial charge in [-0.1, -0.05) is 30.9 Å². The number of fused-ring (bicyclic) bond motifs is 4. The summed E-state index contributed by atoms with van der Waals surface area (Å²) in [6.45, 7) is 1.87. The monoisotopic (exact) mass is 445 g/mol. The number of imide groups is 1. The van der Waals surface area contributed by atoms with Crippen LogP contribution < -0.4 is 16.4 Å². The number of rotatable bonds is 3. The molecule has 9 heteroatoms. The molecule has 0 unspecified atom stereocenters. The maximum Gasteiger partial charge on any atom is 0.291 e. The molecule has 1 saturated carbocycles. The zero-order valence-electron chi connectivity index (χ0n) is 17.3. The van der Waals surface area contributed by atoms with Gasteiger partial charge in [0.2, 0.25) is 23.3 Å². The molecule has 164 valence electrons. The van der Waals surface area contributed by atoms with Crippen molar-refractivity contribution in [2.45, 2.75) is 63.1 Å². The van der Waals surface area contributed by atoms with Gasteiger partial charge in [0.05, 0.1) is 17.1 Å². The maximum absolute atomic E-state index is 13.8. The standard InChI is InChI=1S/C22H25ClN4O4/c1-10-7-12-18(13(23)8-10)25-21(31)22(12)17-16(14(26-22)9-15(24)28)19(29)27(20(17)30)11-5-3-2-4-6-11/h7-8,11,14,16-17,26H,2-6,9H2,1H3,(H2,24,28)(H,25,31)/p+1/t14-,16+,17-,22+/m0/s1. The molecule has 5 N–H and O–H groups in total. The second kappa shape index (κ2) is 7.03. The number of nitrogens with one attached hydrogen (secondary N) is 1. The van der Waals surface area contributed by atoms with Crippen LogP contribution in [0.15, 0.2) is 12.1 Å². The molecule has 4 atom stereocenters.